The van der Waals surface area contributed by atoms with Crippen molar-refractivity contribution in [2.24, 2.45) is 0 Å². The zero-order valence-corrected chi connectivity index (χ0v) is 17.7. The molecule has 0 heterocycles. The summed E-state index contributed by atoms with van der Waals surface area (Å²) in [5.74, 6) is 0. The number of unbranched alkanes of at least 4 members (excludes halogenated alkanes) is 15. The Labute approximate surface area is 163 Å². The molecular formula is C22H48N2O2. The molecule has 0 spiro atoms. The molecule has 0 aliphatic heterocycles. The summed E-state index contributed by atoms with van der Waals surface area (Å²) in [6.07, 6.45) is 22.3. The van der Waals surface area contributed by atoms with E-state index in [-0.39, 0.29) is 13.2 Å². The second-order valence-electron chi connectivity index (χ2n) is 7.65. The standard InChI is InChI=1S/C22H48N2O2/c1-2-3-4-5-6-7-8-9-10-11-12-13-14-15-16-17-18-23-24(19-21-25)20-22-26/h23,25-26H,2-22H2,1H3. The van der Waals surface area contributed by atoms with Crippen LogP contribution in [0.25, 0.3) is 0 Å². The summed E-state index contributed by atoms with van der Waals surface area (Å²) in [4.78, 5) is 0. The number of nitrogens with zero attached hydrogens (tertiary/aromatic N) is 1. The molecule has 0 bridgehead atoms. The van der Waals surface area contributed by atoms with Crippen molar-refractivity contribution in [3.63, 3.8) is 0 Å². The Bertz CT molecular complexity index is 246. The Morgan fingerprint density at radius 2 is 0.885 bits per heavy atom. The lowest BCUT2D eigenvalue weighted by atomic mass is 10.0. The third-order valence-electron chi connectivity index (χ3n) is 5.11. The lowest BCUT2D eigenvalue weighted by molar-refractivity contribution is 0.114. The van der Waals surface area contributed by atoms with Crippen LogP contribution in [0.15, 0.2) is 0 Å². The largest absolute Gasteiger partial charge is 0.395 e. The Morgan fingerprint density at radius 1 is 0.538 bits per heavy atom. The van der Waals surface area contributed by atoms with Gasteiger partial charge >= 0.3 is 0 Å². The van der Waals surface area contributed by atoms with Crippen molar-refractivity contribution in [1.29, 1.82) is 0 Å². The predicted molar refractivity (Wildman–Crippen MR) is 113 cm³/mol. The van der Waals surface area contributed by atoms with Crippen LogP contribution >= 0.6 is 0 Å². The minimum atomic E-state index is 0.131. The lowest BCUT2D eigenvalue weighted by Crippen LogP contribution is -2.42. The molecule has 0 saturated carbocycles. The van der Waals surface area contributed by atoms with Crippen LogP contribution in [0.5, 0.6) is 0 Å². The van der Waals surface area contributed by atoms with Gasteiger partial charge in [0.25, 0.3) is 0 Å². The van der Waals surface area contributed by atoms with Gasteiger partial charge in [0, 0.05) is 19.6 Å². The molecular weight excluding hydrogens is 324 g/mol. The van der Waals surface area contributed by atoms with Gasteiger partial charge in [-0.3, -0.25) is 5.43 Å². The zero-order chi connectivity index (χ0) is 19.1. The van der Waals surface area contributed by atoms with Gasteiger partial charge in [0.05, 0.1) is 13.2 Å². The fraction of sp³-hybridized carbons (Fsp3) is 1.00. The van der Waals surface area contributed by atoms with Gasteiger partial charge in [-0.25, -0.2) is 5.01 Å². The summed E-state index contributed by atoms with van der Waals surface area (Å²) >= 11 is 0. The second-order valence-corrected chi connectivity index (χ2v) is 7.65. The smallest absolute Gasteiger partial charge is 0.0572 e. The third-order valence-corrected chi connectivity index (χ3v) is 5.11. The first kappa shape index (κ1) is 25.8. The molecule has 0 aliphatic carbocycles. The highest BCUT2D eigenvalue weighted by atomic mass is 16.3. The van der Waals surface area contributed by atoms with Crippen LogP contribution in [-0.4, -0.2) is 48.1 Å². The molecule has 0 rings (SSSR count). The number of aliphatic hydroxyl groups is 2. The van der Waals surface area contributed by atoms with Crippen molar-refractivity contribution in [3.8, 4) is 0 Å². The lowest BCUT2D eigenvalue weighted by Gasteiger charge is -2.21. The SMILES string of the molecule is CCCCCCCCCCCCCCCCCCNN(CCO)CCO. The Kier molecular flexibility index (Phi) is 22.7. The molecule has 26 heavy (non-hydrogen) atoms. The van der Waals surface area contributed by atoms with Crippen molar-refractivity contribution in [2.45, 2.75) is 110 Å². The van der Waals surface area contributed by atoms with Crippen LogP contribution < -0.4 is 5.43 Å². The van der Waals surface area contributed by atoms with E-state index < -0.39 is 0 Å². The van der Waals surface area contributed by atoms with E-state index in [1.54, 1.807) is 0 Å². The van der Waals surface area contributed by atoms with E-state index in [1.165, 1.54) is 103 Å². The highest BCUT2D eigenvalue weighted by Crippen LogP contribution is 2.13. The number of nitrogens with one attached hydrogen (secondary N) is 1. The first-order valence-corrected chi connectivity index (χ1v) is 11.5. The van der Waals surface area contributed by atoms with Gasteiger partial charge in [0.2, 0.25) is 0 Å². The molecule has 3 N–H and O–H groups in total. The van der Waals surface area contributed by atoms with Crippen molar-refractivity contribution >= 4 is 0 Å². The summed E-state index contributed by atoms with van der Waals surface area (Å²) in [6, 6.07) is 0. The van der Waals surface area contributed by atoms with Crippen LogP contribution in [0.1, 0.15) is 110 Å². The summed E-state index contributed by atoms with van der Waals surface area (Å²) in [5.41, 5.74) is 3.28. The highest BCUT2D eigenvalue weighted by molar-refractivity contribution is 4.53. The monoisotopic (exact) mass is 372 g/mol. The van der Waals surface area contributed by atoms with E-state index in [1.807, 2.05) is 5.01 Å². The van der Waals surface area contributed by atoms with Crippen LogP contribution in [0.2, 0.25) is 0 Å². The van der Waals surface area contributed by atoms with E-state index >= 15 is 0 Å². The maximum absolute atomic E-state index is 8.94. The normalized spacial score (nSPS) is 11.5. The summed E-state index contributed by atoms with van der Waals surface area (Å²) < 4.78 is 0. The first-order valence-electron chi connectivity index (χ1n) is 11.5. The average Bonchev–Trinajstić information content (AvgIpc) is 2.64. The molecule has 0 saturated heterocycles. The Balaban J connectivity index is 3.13. The fourth-order valence-electron chi connectivity index (χ4n) is 3.42. The fourth-order valence-corrected chi connectivity index (χ4v) is 3.42. The van der Waals surface area contributed by atoms with Crippen LogP contribution in [0.4, 0.5) is 0 Å². The quantitative estimate of drug-likeness (QED) is 0.184. The minimum Gasteiger partial charge on any atom is -0.395 e. The first-order chi connectivity index (χ1) is 12.8. The van der Waals surface area contributed by atoms with Gasteiger partial charge in [0.15, 0.2) is 0 Å². The molecule has 0 atom stereocenters. The highest BCUT2D eigenvalue weighted by Gasteiger charge is 2.01. The molecule has 0 unspecified atom stereocenters. The van der Waals surface area contributed by atoms with E-state index in [4.69, 9.17) is 10.2 Å². The van der Waals surface area contributed by atoms with Crippen molar-refractivity contribution in [3.05, 3.63) is 0 Å². The van der Waals surface area contributed by atoms with Crippen LogP contribution in [-0.2, 0) is 0 Å². The molecule has 0 amide bonds. The topological polar surface area (TPSA) is 55.7 Å². The molecule has 158 valence electrons. The molecule has 0 aromatic carbocycles. The van der Waals surface area contributed by atoms with Gasteiger partial charge in [0.1, 0.15) is 0 Å². The van der Waals surface area contributed by atoms with Gasteiger partial charge in [-0.2, -0.15) is 0 Å². The number of hydrogen-bond acceptors (Lipinski definition) is 4. The van der Waals surface area contributed by atoms with Crippen molar-refractivity contribution in [2.75, 3.05) is 32.8 Å². The number of rotatable bonds is 22. The maximum Gasteiger partial charge on any atom is 0.0572 e. The minimum absolute atomic E-state index is 0.131. The van der Waals surface area contributed by atoms with Crippen molar-refractivity contribution in [1.82, 2.24) is 10.4 Å². The molecule has 4 nitrogen and oxygen atoms in total. The van der Waals surface area contributed by atoms with Gasteiger partial charge in [-0.1, -0.05) is 103 Å². The van der Waals surface area contributed by atoms with E-state index in [9.17, 15) is 0 Å². The predicted octanol–water partition coefficient (Wildman–Crippen LogP) is 5.04. The van der Waals surface area contributed by atoms with Gasteiger partial charge < -0.3 is 10.2 Å². The second kappa shape index (κ2) is 22.9. The van der Waals surface area contributed by atoms with Gasteiger partial charge in [-0.15, -0.1) is 0 Å². The number of aliphatic hydroxyl groups excluding tert-OH is 2. The summed E-state index contributed by atoms with van der Waals surface area (Å²) in [5, 5.41) is 19.8. The van der Waals surface area contributed by atoms with Gasteiger partial charge in [-0.05, 0) is 6.42 Å². The van der Waals surface area contributed by atoms with Crippen molar-refractivity contribution < 1.29 is 10.2 Å². The zero-order valence-electron chi connectivity index (χ0n) is 17.7. The maximum atomic E-state index is 8.94. The molecule has 0 aromatic heterocycles. The van der Waals surface area contributed by atoms with Crippen LogP contribution in [0.3, 0.4) is 0 Å². The van der Waals surface area contributed by atoms with E-state index in [2.05, 4.69) is 12.3 Å². The molecule has 4 heteroatoms. The molecule has 0 aromatic rings. The molecule has 0 aliphatic rings. The number of hydrazine groups is 1. The summed E-state index contributed by atoms with van der Waals surface area (Å²) in [6.45, 7) is 4.65. The molecule has 0 fully saturated rings. The van der Waals surface area contributed by atoms with Crippen LogP contribution in [0, 0.1) is 0 Å². The Morgan fingerprint density at radius 3 is 1.23 bits per heavy atom. The molecule has 0 radical (unpaired) electrons. The third kappa shape index (κ3) is 20.2. The van der Waals surface area contributed by atoms with E-state index in [0.717, 1.165) is 6.54 Å². The van der Waals surface area contributed by atoms with E-state index in [0.29, 0.717) is 13.1 Å². The summed E-state index contributed by atoms with van der Waals surface area (Å²) in [7, 11) is 0. The Hall–Kier alpha value is -0.160. The number of hydrogen-bond donors (Lipinski definition) is 3. The average molecular weight is 373 g/mol.